The molecule has 25 heavy (non-hydrogen) atoms. The lowest BCUT2D eigenvalue weighted by molar-refractivity contribution is 0.201. The average molecular weight is 359 g/mol. The fourth-order valence-corrected chi connectivity index (χ4v) is 4.84. The molecule has 0 saturated carbocycles. The summed E-state index contributed by atoms with van der Waals surface area (Å²) in [6.45, 7) is 4.22. The maximum Gasteiger partial charge on any atom is 0.355 e. The predicted molar refractivity (Wildman–Crippen MR) is 97.6 cm³/mol. The van der Waals surface area contributed by atoms with Gasteiger partial charge in [0.2, 0.25) is 0 Å². The number of benzene rings is 2. The van der Waals surface area contributed by atoms with Gasteiger partial charge in [-0.25, -0.2) is 4.68 Å². The molecule has 0 radical (unpaired) electrons. The van der Waals surface area contributed by atoms with Crippen molar-refractivity contribution >= 4 is 18.6 Å². The third-order valence-corrected chi connectivity index (χ3v) is 6.27. The molecule has 0 bridgehead atoms. The summed E-state index contributed by atoms with van der Waals surface area (Å²) in [7, 11) is -3.43. The Labute approximate surface area is 147 Å². The molecule has 0 amide bonds. The van der Waals surface area contributed by atoms with Crippen LogP contribution in [-0.2, 0) is 20.0 Å². The molecule has 0 spiro atoms. The van der Waals surface area contributed by atoms with Crippen LogP contribution in [0, 0.1) is 0 Å². The summed E-state index contributed by atoms with van der Waals surface area (Å²) in [5.74, 6) is -0.581. The average Bonchev–Trinajstić information content (AvgIpc) is 3.05. The molecule has 3 rings (SSSR count). The standard InChI is InChI=1S/C18H22N3O3P/c1-3-23-25(22,24-4-2)18(14-15-10-6-5-7-11-15)21-17-13-9-8-12-16(17)19-20-21/h5-13,18H,3-4,14H2,1-2H3. The molecule has 0 aliphatic rings. The highest BCUT2D eigenvalue weighted by Gasteiger charge is 2.38. The van der Waals surface area contributed by atoms with Gasteiger partial charge in [0.05, 0.1) is 18.7 Å². The van der Waals surface area contributed by atoms with E-state index in [9.17, 15) is 4.57 Å². The summed E-state index contributed by atoms with van der Waals surface area (Å²) in [5.41, 5.74) is 2.59. The Hall–Kier alpha value is -2.01. The van der Waals surface area contributed by atoms with Gasteiger partial charge in [0.15, 0.2) is 5.78 Å². The topological polar surface area (TPSA) is 66.2 Å². The molecule has 0 N–H and O–H groups in total. The second-order valence-electron chi connectivity index (χ2n) is 5.57. The SMILES string of the molecule is CCOP(=O)(OCC)C(Cc1ccccc1)n1nnc2ccccc21. The molecule has 3 aromatic rings. The van der Waals surface area contributed by atoms with Gasteiger partial charge < -0.3 is 9.05 Å². The van der Waals surface area contributed by atoms with Crippen LogP contribution in [-0.4, -0.2) is 28.2 Å². The highest BCUT2D eigenvalue weighted by molar-refractivity contribution is 7.54. The number of nitrogens with zero attached hydrogens (tertiary/aromatic N) is 3. The first-order chi connectivity index (χ1) is 12.2. The Morgan fingerprint density at radius 2 is 1.64 bits per heavy atom. The normalized spacial score (nSPS) is 13.2. The lowest BCUT2D eigenvalue weighted by Crippen LogP contribution is -2.17. The molecule has 1 unspecified atom stereocenters. The second kappa shape index (κ2) is 7.91. The predicted octanol–water partition coefficient (Wildman–Crippen LogP) is 4.44. The largest absolute Gasteiger partial charge is 0.355 e. The van der Waals surface area contributed by atoms with Crippen LogP contribution in [0.2, 0.25) is 0 Å². The number of para-hydroxylation sites is 1. The first kappa shape index (κ1) is 17.8. The first-order valence-corrected chi connectivity index (χ1v) is 10.0. The van der Waals surface area contributed by atoms with Crippen molar-refractivity contribution in [2.75, 3.05) is 13.2 Å². The van der Waals surface area contributed by atoms with Gasteiger partial charge in [-0.3, -0.25) is 4.57 Å². The zero-order chi connectivity index (χ0) is 17.7. The minimum Gasteiger partial charge on any atom is -0.307 e. The lowest BCUT2D eigenvalue weighted by Gasteiger charge is -2.26. The molecule has 2 aromatic carbocycles. The zero-order valence-corrected chi connectivity index (χ0v) is 15.3. The summed E-state index contributed by atoms with van der Waals surface area (Å²) in [6.07, 6.45) is 0.478. The van der Waals surface area contributed by atoms with E-state index >= 15 is 0 Å². The second-order valence-corrected chi connectivity index (χ2v) is 7.76. The van der Waals surface area contributed by atoms with Crippen molar-refractivity contribution in [1.29, 1.82) is 0 Å². The zero-order valence-electron chi connectivity index (χ0n) is 14.4. The van der Waals surface area contributed by atoms with E-state index in [4.69, 9.17) is 9.05 Å². The Balaban J connectivity index is 2.09. The van der Waals surface area contributed by atoms with Gasteiger partial charge in [-0.15, -0.1) is 5.10 Å². The highest BCUT2D eigenvalue weighted by Crippen LogP contribution is 2.60. The van der Waals surface area contributed by atoms with E-state index in [2.05, 4.69) is 10.3 Å². The molecule has 1 heterocycles. The fraction of sp³-hybridized carbons (Fsp3) is 0.333. The summed E-state index contributed by atoms with van der Waals surface area (Å²) >= 11 is 0. The maximum absolute atomic E-state index is 13.5. The third kappa shape index (κ3) is 3.82. The van der Waals surface area contributed by atoms with Crippen molar-refractivity contribution in [2.45, 2.75) is 26.1 Å². The van der Waals surface area contributed by atoms with E-state index in [-0.39, 0.29) is 0 Å². The van der Waals surface area contributed by atoms with Gasteiger partial charge in [-0.05, 0) is 31.5 Å². The van der Waals surface area contributed by atoms with Gasteiger partial charge >= 0.3 is 7.60 Å². The summed E-state index contributed by atoms with van der Waals surface area (Å²) in [5, 5.41) is 8.45. The Morgan fingerprint density at radius 1 is 1.00 bits per heavy atom. The van der Waals surface area contributed by atoms with Crippen LogP contribution in [0.5, 0.6) is 0 Å². The quantitative estimate of drug-likeness (QED) is 0.556. The first-order valence-electron chi connectivity index (χ1n) is 8.40. The molecule has 132 valence electrons. The summed E-state index contributed by atoms with van der Waals surface area (Å²) in [4.78, 5) is 0. The van der Waals surface area contributed by atoms with Crippen LogP contribution in [0.25, 0.3) is 11.0 Å². The molecule has 1 atom stereocenters. The van der Waals surface area contributed by atoms with Crippen molar-refractivity contribution in [3.05, 3.63) is 60.2 Å². The van der Waals surface area contributed by atoms with E-state index < -0.39 is 13.4 Å². The molecule has 0 aliphatic carbocycles. The van der Waals surface area contributed by atoms with Gasteiger partial charge in [-0.1, -0.05) is 47.7 Å². The Kier molecular flexibility index (Phi) is 5.63. The fourth-order valence-electron chi connectivity index (χ4n) is 2.83. The smallest absolute Gasteiger partial charge is 0.307 e. The van der Waals surface area contributed by atoms with E-state index in [1.807, 2.05) is 68.4 Å². The van der Waals surface area contributed by atoms with Crippen molar-refractivity contribution in [3.8, 4) is 0 Å². The van der Waals surface area contributed by atoms with Crippen molar-refractivity contribution in [1.82, 2.24) is 15.0 Å². The van der Waals surface area contributed by atoms with Crippen LogP contribution >= 0.6 is 7.60 Å². The monoisotopic (exact) mass is 359 g/mol. The number of hydrogen-bond donors (Lipinski definition) is 0. The van der Waals surface area contributed by atoms with Crippen LogP contribution in [0.4, 0.5) is 0 Å². The van der Waals surface area contributed by atoms with Crippen molar-refractivity contribution in [3.63, 3.8) is 0 Å². The third-order valence-electron chi connectivity index (χ3n) is 3.90. The van der Waals surface area contributed by atoms with Gasteiger partial charge in [0.25, 0.3) is 0 Å². The molecule has 0 fully saturated rings. The lowest BCUT2D eigenvalue weighted by atomic mass is 10.1. The van der Waals surface area contributed by atoms with Crippen LogP contribution < -0.4 is 0 Å². The highest BCUT2D eigenvalue weighted by atomic mass is 31.2. The van der Waals surface area contributed by atoms with Gasteiger partial charge in [0, 0.05) is 6.42 Å². The van der Waals surface area contributed by atoms with Gasteiger partial charge in [0.1, 0.15) is 5.52 Å². The van der Waals surface area contributed by atoms with Crippen LogP contribution in [0.1, 0.15) is 25.2 Å². The van der Waals surface area contributed by atoms with E-state index in [1.165, 1.54) is 0 Å². The van der Waals surface area contributed by atoms with Crippen molar-refractivity contribution < 1.29 is 13.6 Å². The van der Waals surface area contributed by atoms with Crippen molar-refractivity contribution in [2.24, 2.45) is 0 Å². The molecule has 6 nitrogen and oxygen atoms in total. The van der Waals surface area contributed by atoms with Crippen LogP contribution in [0.15, 0.2) is 54.6 Å². The maximum atomic E-state index is 13.5. The Bertz CT molecular complexity index is 856. The Morgan fingerprint density at radius 3 is 2.32 bits per heavy atom. The number of fused-ring (bicyclic) bond motifs is 1. The van der Waals surface area contributed by atoms with Gasteiger partial charge in [-0.2, -0.15) is 0 Å². The van der Waals surface area contributed by atoms with Crippen LogP contribution in [0.3, 0.4) is 0 Å². The number of aromatic nitrogens is 3. The van der Waals surface area contributed by atoms with E-state index in [0.717, 1.165) is 16.6 Å². The minimum atomic E-state index is -3.43. The van der Waals surface area contributed by atoms with E-state index in [1.54, 1.807) is 4.68 Å². The summed E-state index contributed by atoms with van der Waals surface area (Å²) < 4.78 is 26.4. The van der Waals surface area contributed by atoms with E-state index in [0.29, 0.717) is 19.6 Å². The minimum absolute atomic E-state index is 0.301. The molecule has 1 aromatic heterocycles. The molecule has 0 saturated heterocycles. The molecule has 0 aliphatic heterocycles. The summed E-state index contributed by atoms with van der Waals surface area (Å²) in [6, 6.07) is 17.5. The molecular weight excluding hydrogens is 337 g/mol. The number of hydrogen-bond acceptors (Lipinski definition) is 5. The molecular formula is C18H22N3O3P. The number of rotatable bonds is 8. The molecule has 7 heteroatoms.